The van der Waals surface area contributed by atoms with E-state index in [0.29, 0.717) is 5.15 Å². The Balaban J connectivity index is 2.08. The molecular weight excluding hydrogens is 310 g/mol. The van der Waals surface area contributed by atoms with Crippen LogP contribution in [0.1, 0.15) is 5.69 Å². The molecule has 0 saturated carbocycles. The Morgan fingerprint density at radius 1 is 1.30 bits per heavy atom. The molecular formula is C12H14ClN5SSi. The molecule has 0 fully saturated rings. The maximum atomic E-state index is 6.10. The number of halogens is 1. The molecule has 1 N–H and O–H groups in total. The Hall–Kier alpha value is -1.31. The van der Waals surface area contributed by atoms with E-state index in [1.54, 1.807) is 11.3 Å². The van der Waals surface area contributed by atoms with Crippen molar-refractivity contribution in [2.24, 2.45) is 0 Å². The molecule has 3 rings (SSSR count). The van der Waals surface area contributed by atoms with Gasteiger partial charge in [-0.25, -0.2) is 9.97 Å². The second-order valence-corrected chi connectivity index (χ2v) is 12.8. The van der Waals surface area contributed by atoms with Crippen LogP contribution < -0.4 is 0 Å². The molecule has 104 valence electrons. The number of hydrogen-bond donors (Lipinski definition) is 1. The largest absolute Gasteiger partial charge is 0.262 e. The number of nitrogens with zero attached hydrogens (tertiary/aromatic N) is 4. The maximum absolute atomic E-state index is 6.10. The molecule has 3 aromatic heterocycles. The molecule has 0 aliphatic heterocycles. The summed E-state index contributed by atoms with van der Waals surface area (Å²) in [5.41, 5.74) is 2.86. The molecule has 0 unspecified atom stereocenters. The smallest absolute Gasteiger partial charge is 0.150 e. The first-order valence-electron chi connectivity index (χ1n) is 6.24. The standard InChI is InChI=1S/C12H14ClN5SSi/c1-20(2,3)5-8-10(17-18-16-8)9-4-7-11(19-9)12(13)15-6-14-7/h4,6H,5H2,1-3H3,(H,16,17,18). The van der Waals surface area contributed by atoms with Gasteiger partial charge in [0.15, 0.2) is 0 Å². The number of rotatable bonds is 3. The zero-order valence-corrected chi connectivity index (χ0v) is 14.0. The van der Waals surface area contributed by atoms with E-state index in [1.807, 2.05) is 6.07 Å². The number of thiophene rings is 1. The van der Waals surface area contributed by atoms with Crippen LogP contribution in [0, 0.1) is 0 Å². The second kappa shape index (κ2) is 4.91. The van der Waals surface area contributed by atoms with E-state index in [2.05, 4.69) is 45.0 Å². The fourth-order valence-corrected chi connectivity index (χ4v) is 4.61. The van der Waals surface area contributed by atoms with Crippen molar-refractivity contribution in [3.8, 4) is 10.6 Å². The third kappa shape index (κ3) is 2.61. The van der Waals surface area contributed by atoms with Gasteiger partial charge in [-0.2, -0.15) is 0 Å². The van der Waals surface area contributed by atoms with Gasteiger partial charge in [0.25, 0.3) is 0 Å². The Morgan fingerprint density at radius 3 is 2.80 bits per heavy atom. The molecule has 3 heterocycles. The van der Waals surface area contributed by atoms with Crippen LogP contribution in [0.25, 0.3) is 20.8 Å². The van der Waals surface area contributed by atoms with E-state index in [1.165, 1.54) is 6.33 Å². The molecule has 0 aliphatic rings. The van der Waals surface area contributed by atoms with Crippen molar-refractivity contribution >= 4 is 41.2 Å². The predicted molar refractivity (Wildman–Crippen MR) is 84.9 cm³/mol. The lowest BCUT2D eigenvalue weighted by Crippen LogP contribution is -2.24. The first-order chi connectivity index (χ1) is 9.44. The molecule has 0 atom stereocenters. The van der Waals surface area contributed by atoms with Crippen LogP contribution in [-0.4, -0.2) is 33.5 Å². The maximum Gasteiger partial charge on any atom is 0.150 e. The van der Waals surface area contributed by atoms with Gasteiger partial charge in [-0.15, -0.1) is 16.4 Å². The van der Waals surface area contributed by atoms with Crippen molar-refractivity contribution in [2.75, 3.05) is 0 Å². The normalized spacial score (nSPS) is 12.2. The van der Waals surface area contributed by atoms with Crippen molar-refractivity contribution in [2.45, 2.75) is 25.7 Å². The summed E-state index contributed by atoms with van der Waals surface area (Å²) in [6.45, 7) is 6.97. The van der Waals surface area contributed by atoms with Crippen LogP contribution in [0.5, 0.6) is 0 Å². The summed E-state index contributed by atoms with van der Waals surface area (Å²) in [6.07, 6.45) is 1.48. The van der Waals surface area contributed by atoms with Crippen LogP contribution in [-0.2, 0) is 6.04 Å². The van der Waals surface area contributed by atoms with E-state index in [-0.39, 0.29) is 0 Å². The molecule has 0 aliphatic carbocycles. The summed E-state index contributed by atoms with van der Waals surface area (Å²) in [5, 5.41) is 11.7. The summed E-state index contributed by atoms with van der Waals surface area (Å²) in [5.74, 6) is 0. The fraction of sp³-hybridized carbons (Fsp3) is 0.333. The number of aromatic amines is 1. The van der Waals surface area contributed by atoms with Crippen molar-refractivity contribution in [1.29, 1.82) is 0 Å². The summed E-state index contributed by atoms with van der Waals surface area (Å²) < 4.78 is 0.895. The third-order valence-electron chi connectivity index (χ3n) is 2.83. The van der Waals surface area contributed by atoms with E-state index < -0.39 is 8.07 Å². The van der Waals surface area contributed by atoms with Gasteiger partial charge in [-0.3, -0.25) is 5.10 Å². The quantitative estimate of drug-likeness (QED) is 0.591. The van der Waals surface area contributed by atoms with Crippen molar-refractivity contribution in [3.63, 3.8) is 0 Å². The van der Waals surface area contributed by atoms with Gasteiger partial charge in [0.05, 0.1) is 28.9 Å². The molecule has 5 nitrogen and oxygen atoms in total. The van der Waals surface area contributed by atoms with Crippen LogP contribution in [0.4, 0.5) is 0 Å². The van der Waals surface area contributed by atoms with Crippen LogP contribution in [0.2, 0.25) is 24.8 Å². The monoisotopic (exact) mass is 323 g/mol. The Bertz CT molecular complexity index is 761. The van der Waals surface area contributed by atoms with Crippen molar-refractivity contribution in [3.05, 3.63) is 23.2 Å². The summed E-state index contributed by atoms with van der Waals surface area (Å²) >= 11 is 7.66. The molecule has 0 aromatic carbocycles. The lowest BCUT2D eigenvalue weighted by atomic mass is 10.3. The lowest BCUT2D eigenvalue weighted by Gasteiger charge is -2.14. The highest BCUT2D eigenvalue weighted by Crippen LogP contribution is 2.35. The highest BCUT2D eigenvalue weighted by molar-refractivity contribution is 7.22. The molecule has 0 bridgehead atoms. The molecule has 0 radical (unpaired) electrons. The predicted octanol–water partition coefficient (Wildman–Crippen LogP) is 3.55. The summed E-state index contributed by atoms with van der Waals surface area (Å²) in [6, 6.07) is 3.02. The van der Waals surface area contributed by atoms with E-state index in [4.69, 9.17) is 11.6 Å². The number of H-pyrrole nitrogens is 1. The Labute approximate surface area is 126 Å². The van der Waals surface area contributed by atoms with Gasteiger partial charge in [0.2, 0.25) is 0 Å². The van der Waals surface area contributed by atoms with E-state index in [0.717, 1.165) is 32.5 Å². The highest BCUT2D eigenvalue weighted by Gasteiger charge is 2.21. The lowest BCUT2D eigenvalue weighted by molar-refractivity contribution is 0.923. The number of aromatic nitrogens is 5. The first-order valence-corrected chi connectivity index (χ1v) is 11.1. The molecule has 20 heavy (non-hydrogen) atoms. The Morgan fingerprint density at radius 2 is 2.10 bits per heavy atom. The topological polar surface area (TPSA) is 67.3 Å². The van der Waals surface area contributed by atoms with Crippen LogP contribution in [0.15, 0.2) is 12.4 Å². The molecule has 0 spiro atoms. The van der Waals surface area contributed by atoms with Gasteiger partial charge >= 0.3 is 0 Å². The number of fused-ring (bicyclic) bond motifs is 1. The minimum absolute atomic E-state index is 0.487. The van der Waals surface area contributed by atoms with Crippen molar-refractivity contribution < 1.29 is 0 Å². The van der Waals surface area contributed by atoms with Crippen LogP contribution in [0.3, 0.4) is 0 Å². The third-order valence-corrected chi connectivity index (χ3v) is 5.78. The average molecular weight is 324 g/mol. The van der Waals surface area contributed by atoms with Crippen molar-refractivity contribution in [1.82, 2.24) is 25.4 Å². The van der Waals surface area contributed by atoms with Gasteiger partial charge in [0, 0.05) is 0 Å². The SMILES string of the molecule is C[Si](C)(C)Cc1[nH]nnc1-c1cc2ncnc(Cl)c2s1. The second-order valence-electron chi connectivity index (χ2n) is 5.87. The molecule has 0 amide bonds. The molecule has 0 saturated heterocycles. The summed E-state index contributed by atoms with van der Waals surface area (Å²) in [4.78, 5) is 9.29. The molecule has 3 aromatic rings. The minimum atomic E-state index is -1.24. The van der Waals surface area contributed by atoms with E-state index >= 15 is 0 Å². The van der Waals surface area contributed by atoms with Gasteiger partial charge in [0.1, 0.15) is 17.2 Å². The zero-order chi connectivity index (χ0) is 14.3. The van der Waals surface area contributed by atoms with Gasteiger partial charge < -0.3 is 0 Å². The van der Waals surface area contributed by atoms with Gasteiger partial charge in [-0.1, -0.05) is 36.5 Å². The van der Waals surface area contributed by atoms with E-state index in [9.17, 15) is 0 Å². The zero-order valence-electron chi connectivity index (χ0n) is 11.4. The van der Waals surface area contributed by atoms with Gasteiger partial charge in [-0.05, 0) is 12.1 Å². The first kappa shape index (κ1) is 13.7. The average Bonchev–Trinajstić information content (AvgIpc) is 2.93. The number of hydrogen-bond acceptors (Lipinski definition) is 5. The minimum Gasteiger partial charge on any atom is -0.262 e. The highest BCUT2D eigenvalue weighted by atomic mass is 35.5. The summed E-state index contributed by atoms with van der Waals surface area (Å²) in [7, 11) is -1.24. The molecule has 8 heteroatoms. The Kier molecular flexibility index (Phi) is 3.35. The number of nitrogens with one attached hydrogen (secondary N) is 1. The fourth-order valence-electron chi connectivity index (χ4n) is 2.04. The van der Waals surface area contributed by atoms with Crippen LogP contribution >= 0.6 is 22.9 Å².